The quantitative estimate of drug-likeness (QED) is 0.724. The highest BCUT2D eigenvalue weighted by molar-refractivity contribution is 7.80. The van der Waals surface area contributed by atoms with Gasteiger partial charge in [-0.15, -0.1) is 0 Å². The number of aryl methyl sites for hydroxylation is 3. The van der Waals surface area contributed by atoms with Gasteiger partial charge in [0.1, 0.15) is 6.04 Å². The number of hydrogen-bond donors (Lipinski definition) is 3. The summed E-state index contributed by atoms with van der Waals surface area (Å²) in [5.41, 5.74) is 3.34. The van der Waals surface area contributed by atoms with Gasteiger partial charge in [0, 0.05) is 5.56 Å². The van der Waals surface area contributed by atoms with E-state index in [4.69, 9.17) is 5.11 Å². The molecule has 1 aromatic carbocycles. The van der Waals surface area contributed by atoms with Crippen LogP contribution in [0.4, 0.5) is 0 Å². The summed E-state index contributed by atoms with van der Waals surface area (Å²) < 4.78 is 0. The second-order valence-electron chi connectivity index (χ2n) is 4.65. The van der Waals surface area contributed by atoms with Crippen LogP contribution in [0, 0.1) is 20.8 Å². The van der Waals surface area contributed by atoms with Crippen molar-refractivity contribution in [3.63, 3.8) is 0 Å². The first-order valence-electron chi connectivity index (χ1n) is 6.09. The average Bonchev–Trinajstić information content (AvgIpc) is 2.26. The lowest BCUT2D eigenvalue weighted by atomic mass is 9.99. The number of carbonyl (C=O) groups excluding carboxylic acids is 1. The predicted molar refractivity (Wildman–Crippen MR) is 78.0 cm³/mol. The fraction of sp³-hybridized carbons (Fsp3) is 0.429. The molecule has 1 aromatic rings. The maximum Gasteiger partial charge on any atom is 0.326 e. The van der Waals surface area contributed by atoms with Crippen LogP contribution in [0.3, 0.4) is 0 Å². The maximum atomic E-state index is 12.2. The zero-order chi connectivity index (χ0) is 14.6. The molecule has 5 heteroatoms. The van der Waals surface area contributed by atoms with Crippen LogP contribution in [-0.4, -0.2) is 28.8 Å². The smallest absolute Gasteiger partial charge is 0.326 e. The van der Waals surface area contributed by atoms with Crippen molar-refractivity contribution in [2.24, 2.45) is 0 Å². The summed E-state index contributed by atoms with van der Waals surface area (Å²) >= 11 is 4.00. The molecule has 1 unspecified atom stereocenters. The van der Waals surface area contributed by atoms with E-state index in [1.165, 1.54) is 0 Å². The molecule has 0 bridgehead atoms. The monoisotopic (exact) mass is 281 g/mol. The summed E-state index contributed by atoms with van der Waals surface area (Å²) in [7, 11) is 0. The van der Waals surface area contributed by atoms with Gasteiger partial charge in [-0.05, 0) is 44.1 Å². The number of benzene rings is 1. The van der Waals surface area contributed by atoms with Crippen LogP contribution in [0.25, 0.3) is 0 Å². The molecule has 0 aromatic heterocycles. The maximum absolute atomic E-state index is 12.2. The molecule has 19 heavy (non-hydrogen) atoms. The number of carboxylic acids is 1. The lowest BCUT2D eigenvalue weighted by Gasteiger charge is -2.16. The minimum absolute atomic E-state index is 0.300. The van der Waals surface area contributed by atoms with E-state index in [9.17, 15) is 9.59 Å². The van der Waals surface area contributed by atoms with E-state index in [2.05, 4.69) is 17.9 Å². The van der Waals surface area contributed by atoms with Crippen LogP contribution >= 0.6 is 12.6 Å². The summed E-state index contributed by atoms with van der Waals surface area (Å²) in [6.45, 7) is 5.66. The first-order chi connectivity index (χ1) is 8.86. The highest BCUT2D eigenvalue weighted by Crippen LogP contribution is 2.16. The summed E-state index contributed by atoms with van der Waals surface area (Å²) in [4.78, 5) is 23.2. The number of thiol groups is 1. The van der Waals surface area contributed by atoms with Gasteiger partial charge < -0.3 is 10.4 Å². The summed E-state index contributed by atoms with van der Waals surface area (Å²) in [6, 6.07) is 2.93. The van der Waals surface area contributed by atoms with E-state index < -0.39 is 12.0 Å². The zero-order valence-corrected chi connectivity index (χ0v) is 12.3. The van der Waals surface area contributed by atoms with Gasteiger partial charge in [0.15, 0.2) is 0 Å². The van der Waals surface area contributed by atoms with E-state index in [1.54, 1.807) is 0 Å². The van der Waals surface area contributed by atoms with Gasteiger partial charge in [-0.1, -0.05) is 17.7 Å². The minimum Gasteiger partial charge on any atom is -0.480 e. The third-order valence-corrected chi connectivity index (χ3v) is 3.18. The van der Waals surface area contributed by atoms with Gasteiger partial charge >= 0.3 is 5.97 Å². The Balaban J connectivity index is 2.98. The molecule has 2 N–H and O–H groups in total. The van der Waals surface area contributed by atoms with E-state index >= 15 is 0 Å². The van der Waals surface area contributed by atoms with Gasteiger partial charge in [0.2, 0.25) is 0 Å². The molecule has 0 aliphatic rings. The fourth-order valence-electron chi connectivity index (χ4n) is 2.16. The van der Waals surface area contributed by atoms with E-state index in [0.29, 0.717) is 17.7 Å². The molecule has 104 valence electrons. The second-order valence-corrected chi connectivity index (χ2v) is 5.10. The SMILES string of the molecule is Cc1cc(C)c(C(=O)NC(CCS)C(=O)O)c(C)c1. The Morgan fingerprint density at radius 2 is 1.79 bits per heavy atom. The molecule has 0 aliphatic heterocycles. The molecule has 0 saturated heterocycles. The molecule has 0 fully saturated rings. The predicted octanol–water partition coefficient (Wildman–Crippen LogP) is 2.11. The van der Waals surface area contributed by atoms with Crippen LogP contribution in [0.15, 0.2) is 12.1 Å². The van der Waals surface area contributed by atoms with Crippen LogP contribution < -0.4 is 5.32 Å². The number of carboxylic acid groups (broad SMARTS) is 1. The van der Waals surface area contributed by atoms with Crippen LogP contribution in [0.1, 0.15) is 33.5 Å². The third kappa shape index (κ3) is 3.99. The Morgan fingerprint density at radius 3 is 2.21 bits per heavy atom. The Labute approximate surface area is 118 Å². The number of hydrogen-bond acceptors (Lipinski definition) is 3. The van der Waals surface area contributed by atoms with E-state index in [-0.39, 0.29) is 5.91 Å². The van der Waals surface area contributed by atoms with Crippen LogP contribution in [0.2, 0.25) is 0 Å². The molecule has 0 heterocycles. The van der Waals surface area contributed by atoms with Crippen molar-refractivity contribution >= 4 is 24.5 Å². The standard InChI is InChI=1S/C14H19NO3S/c1-8-6-9(2)12(10(3)7-8)13(16)15-11(4-5-19)14(17)18/h6-7,11,19H,4-5H2,1-3H3,(H,15,16)(H,17,18). The van der Waals surface area contributed by atoms with Gasteiger partial charge in [0.05, 0.1) is 0 Å². The zero-order valence-electron chi connectivity index (χ0n) is 11.4. The Kier molecular flexibility index (Phi) is 5.42. The Bertz CT molecular complexity index is 476. The number of amides is 1. The van der Waals surface area contributed by atoms with Gasteiger partial charge in [-0.25, -0.2) is 4.79 Å². The topological polar surface area (TPSA) is 66.4 Å². The molecular weight excluding hydrogens is 262 g/mol. The van der Waals surface area contributed by atoms with Crippen molar-refractivity contribution in [3.05, 3.63) is 34.4 Å². The first kappa shape index (κ1) is 15.6. The summed E-state index contributed by atoms with van der Waals surface area (Å²) in [5, 5.41) is 11.6. The van der Waals surface area contributed by atoms with Gasteiger partial charge in [0.25, 0.3) is 5.91 Å². The Hall–Kier alpha value is -1.49. The highest BCUT2D eigenvalue weighted by atomic mass is 32.1. The summed E-state index contributed by atoms with van der Waals surface area (Å²) in [6.07, 6.45) is 0.300. The molecule has 0 aliphatic carbocycles. The lowest BCUT2D eigenvalue weighted by molar-refractivity contribution is -0.139. The second kappa shape index (κ2) is 6.61. The Morgan fingerprint density at radius 1 is 1.26 bits per heavy atom. The molecular formula is C14H19NO3S. The van der Waals surface area contributed by atoms with Gasteiger partial charge in [-0.2, -0.15) is 12.6 Å². The fourth-order valence-corrected chi connectivity index (χ4v) is 2.41. The number of carbonyl (C=O) groups is 2. The van der Waals surface area contributed by atoms with Crippen molar-refractivity contribution in [3.8, 4) is 0 Å². The number of rotatable bonds is 5. The molecule has 1 atom stereocenters. The molecule has 1 rings (SSSR count). The van der Waals surface area contributed by atoms with Crippen molar-refractivity contribution < 1.29 is 14.7 Å². The third-order valence-electron chi connectivity index (χ3n) is 2.93. The molecule has 1 amide bonds. The molecule has 0 spiro atoms. The number of nitrogens with one attached hydrogen (secondary N) is 1. The van der Waals surface area contributed by atoms with E-state index in [0.717, 1.165) is 16.7 Å². The van der Waals surface area contributed by atoms with Crippen molar-refractivity contribution in [1.29, 1.82) is 0 Å². The average molecular weight is 281 g/mol. The highest BCUT2D eigenvalue weighted by Gasteiger charge is 2.21. The lowest BCUT2D eigenvalue weighted by Crippen LogP contribution is -2.41. The van der Waals surface area contributed by atoms with Crippen molar-refractivity contribution in [2.75, 3.05) is 5.75 Å². The van der Waals surface area contributed by atoms with Crippen molar-refractivity contribution in [1.82, 2.24) is 5.32 Å². The largest absolute Gasteiger partial charge is 0.480 e. The van der Waals surface area contributed by atoms with Crippen LogP contribution in [0.5, 0.6) is 0 Å². The van der Waals surface area contributed by atoms with Gasteiger partial charge in [-0.3, -0.25) is 4.79 Å². The minimum atomic E-state index is -1.04. The summed E-state index contributed by atoms with van der Waals surface area (Å²) in [5.74, 6) is -0.975. The normalized spacial score (nSPS) is 12.0. The molecule has 0 radical (unpaired) electrons. The first-order valence-corrected chi connectivity index (χ1v) is 6.72. The molecule has 4 nitrogen and oxygen atoms in total. The van der Waals surface area contributed by atoms with Crippen molar-refractivity contribution in [2.45, 2.75) is 33.2 Å². The van der Waals surface area contributed by atoms with Crippen LogP contribution in [-0.2, 0) is 4.79 Å². The van der Waals surface area contributed by atoms with E-state index in [1.807, 2.05) is 32.9 Å². The molecule has 0 saturated carbocycles. The number of aliphatic carboxylic acids is 1.